The van der Waals surface area contributed by atoms with E-state index in [1.54, 1.807) is 6.07 Å². The number of methoxy groups -OCH3 is 1. The zero-order valence-electron chi connectivity index (χ0n) is 8.00. The van der Waals surface area contributed by atoms with Crippen LogP contribution in [-0.2, 0) is 4.74 Å². The van der Waals surface area contributed by atoms with Crippen LogP contribution in [0.15, 0.2) is 10.5 Å². The predicted octanol–water partition coefficient (Wildman–Crippen LogP) is 2.44. The Labute approximate surface area is 98.0 Å². The van der Waals surface area contributed by atoms with Crippen molar-refractivity contribution in [2.24, 2.45) is 0 Å². The number of alkyl halides is 2. The van der Waals surface area contributed by atoms with Crippen LogP contribution in [0.3, 0.4) is 0 Å². The van der Waals surface area contributed by atoms with Gasteiger partial charge in [0.1, 0.15) is 11.8 Å². The molecule has 4 nitrogen and oxygen atoms in total. The smallest absolute Gasteiger partial charge is 0.357 e. The molecule has 16 heavy (non-hydrogen) atoms. The number of rotatable bonds is 2. The van der Waals surface area contributed by atoms with Crippen molar-refractivity contribution < 1.29 is 18.3 Å². The number of aromatic nitrogens is 1. The normalized spacial score (nSPS) is 10.0. The summed E-state index contributed by atoms with van der Waals surface area (Å²) in [6.45, 7) is 0. The van der Waals surface area contributed by atoms with E-state index < -0.39 is 23.7 Å². The van der Waals surface area contributed by atoms with Crippen LogP contribution in [0.25, 0.3) is 0 Å². The van der Waals surface area contributed by atoms with Crippen molar-refractivity contribution >= 4 is 21.9 Å². The molecule has 1 aromatic rings. The molecule has 0 aliphatic carbocycles. The van der Waals surface area contributed by atoms with Crippen LogP contribution in [0.5, 0.6) is 0 Å². The number of carbonyl (C=O) groups excluding carboxylic acids is 1. The number of esters is 1. The summed E-state index contributed by atoms with van der Waals surface area (Å²) in [4.78, 5) is 14.7. The second kappa shape index (κ2) is 4.99. The first-order valence-electron chi connectivity index (χ1n) is 3.98. The van der Waals surface area contributed by atoms with Gasteiger partial charge in [0.05, 0.1) is 12.7 Å². The molecule has 1 rings (SSSR count). The fourth-order valence-electron chi connectivity index (χ4n) is 1.04. The van der Waals surface area contributed by atoms with Crippen LogP contribution < -0.4 is 0 Å². The van der Waals surface area contributed by atoms with Gasteiger partial charge in [0.2, 0.25) is 0 Å². The summed E-state index contributed by atoms with van der Waals surface area (Å²) in [5.74, 6) is -1.01. The lowest BCUT2D eigenvalue weighted by atomic mass is 10.2. The zero-order valence-corrected chi connectivity index (χ0v) is 9.59. The molecular formula is C9H5BrF2N2O2. The molecule has 0 amide bonds. The Morgan fingerprint density at radius 1 is 1.69 bits per heavy atom. The van der Waals surface area contributed by atoms with Crippen LogP contribution in [-0.4, -0.2) is 18.1 Å². The molecule has 0 aliphatic rings. The Kier molecular flexibility index (Phi) is 3.90. The highest BCUT2D eigenvalue weighted by Gasteiger charge is 2.24. The van der Waals surface area contributed by atoms with Crippen LogP contribution in [0.2, 0.25) is 0 Å². The zero-order chi connectivity index (χ0) is 12.3. The van der Waals surface area contributed by atoms with Gasteiger partial charge in [-0.3, -0.25) is 0 Å². The fourth-order valence-corrected chi connectivity index (χ4v) is 1.62. The van der Waals surface area contributed by atoms with Gasteiger partial charge in [-0.25, -0.2) is 18.6 Å². The molecular weight excluding hydrogens is 286 g/mol. The first kappa shape index (κ1) is 12.5. The largest absolute Gasteiger partial charge is 0.464 e. The van der Waals surface area contributed by atoms with Gasteiger partial charge in [-0.1, -0.05) is 15.9 Å². The van der Waals surface area contributed by atoms with Crippen LogP contribution in [0.4, 0.5) is 8.78 Å². The molecule has 0 spiro atoms. The SMILES string of the molecule is COC(=O)c1nc(C#N)cc(Br)c1C(F)F. The summed E-state index contributed by atoms with van der Waals surface area (Å²) < 4.78 is 29.6. The molecule has 1 aromatic heterocycles. The van der Waals surface area contributed by atoms with Gasteiger partial charge in [0.25, 0.3) is 6.43 Å². The van der Waals surface area contributed by atoms with E-state index in [1.165, 1.54) is 0 Å². The van der Waals surface area contributed by atoms with Gasteiger partial charge in [0, 0.05) is 4.47 Å². The summed E-state index contributed by atoms with van der Waals surface area (Å²) in [6.07, 6.45) is -2.89. The number of pyridine rings is 1. The third kappa shape index (κ3) is 2.33. The third-order valence-corrected chi connectivity index (χ3v) is 2.38. The van der Waals surface area contributed by atoms with Crippen LogP contribution in [0, 0.1) is 11.3 Å². The lowest BCUT2D eigenvalue weighted by molar-refractivity contribution is 0.0581. The second-order valence-corrected chi connectivity index (χ2v) is 3.51. The lowest BCUT2D eigenvalue weighted by Crippen LogP contribution is -2.11. The van der Waals surface area contributed by atoms with E-state index in [0.29, 0.717) is 0 Å². The Balaban J connectivity index is 3.48. The summed E-state index contributed by atoms with van der Waals surface area (Å²) in [5.41, 5.74) is -1.27. The number of hydrogen-bond acceptors (Lipinski definition) is 4. The fraction of sp³-hybridized carbons (Fsp3) is 0.222. The lowest BCUT2D eigenvalue weighted by Gasteiger charge is -2.08. The average Bonchev–Trinajstić information content (AvgIpc) is 2.26. The van der Waals surface area contributed by atoms with Crippen molar-refractivity contribution in [3.05, 3.63) is 27.5 Å². The predicted molar refractivity (Wildman–Crippen MR) is 52.9 cm³/mol. The standard InChI is InChI=1S/C9H5BrF2N2O2/c1-16-9(15)7-6(8(11)12)5(10)2-4(3-13)14-7/h2,8H,1H3. The number of halogens is 3. The number of hydrogen-bond donors (Lipinski definition) is 0. The van der Waals surface area contributed by atoms with Crippen molar-refractivity contribution in [1.29, 1.82) is 5.26 Å². The monoisotopic (exact) mass is 290 g/mol. The van der Waals surface area contributed by atoms with E-state index in [-0.39, 0.29) is 10.2 Å². The van der Waals surface area contributed by atoms with Crippen molar-refractivity contribution in [1.82, 2.24) is 4.98 Å². The maximum absolute atomic E-state index is 12.7. The maximum atomic E-state index is 12.7. The molecule has 0 unspecified atom stereocenters. The molecule has 84 valence electrons. The first-order chi connectivity index (χ1) is 7.51. The van der Waals surface area contributed by atoms with Crippen LogP contribution in [0.1, 0.15) is 28.2 Å². The molecule has 0 bridgehead atoms. The third-order valence-electron chi connectivity index (χ3n) is 1.72. The minimum atomic E-state index is -2.89. The minimum absolute atomic E-state index is 0.0468. The van der Waals surface area contributed by atoms with E-state index >= 15 is 0 Å². The Morgan fingerprint density at radius 2 is 2.31 bits per heavy atom. The topological polar surface area (TPSA) is 63.0 Å². The highest BCUT2D eigenvalue weighted by molar-refractivity contribution is 9.10. The van der Waals surface area contributed by atoms with Gasteiger partial charge < -0.3 is 4.74 Å². The maximum Gasteiger partial charge on any atom is 0.357 e. The van der Waals surface area contributed by atoms with Gasteiger partial charge in [-0.05, 0) is 6.07 Å². The van der Waals surface area contributed by atoms with E-state index in [1.807, 2.05) is 0 Å². The number of nitriles is 1. The Bertz CT molecular complexity index is 471. The van der Waals surface area contributed by atoms with Crippen molar-refractivity contribution in [3.63, 3.8) is 0 Å². The number of ether oxygens (including phenoxy) is 1. The average molecular weight is 291 g/mol. The summed E-state index contributed by atoms with van der Waals surface area (Å²) in [7, 11) is 1.05. The summed E-state index contributed by atoms with van der Waals surface area (Å²) in [5, 5.41) is 8.60. The molecule has 0 fully saturated rings. The molecule has 0 aromatic carbocycles. The molecule has 0 radical (unpaired) electrons. The molecule has 0 atom stereocenters. The van der Waals surface area contributed by atoms with E-state index in [2.05, 4.69) is 25.7 Å². The van der Waals surface area contributed by atoms with Gasteiger partial charge in [-0.15, -0.1) is 0 Å². The van der Waals surface area contributed by atoms with Crippen molar-refractivity contribution in [2.75, 3.05) is 7.11 Å². The summed E-state index contributed by atoms with van der Waals surface area (Å²) in [6, 6.07) is 2.78. The molecule has 1 heterocycles. The molecule has 7 heteroatoms. The van der Waals surface area contributed by atoms with Crippen LogP contribution >= 0.6 is 15.9 Å². The molecule has 0 saturated carbocycles. The number of nitrogens with zero attached hydrogens (tertiary/aromatic N) is 2. The first-order valence-corrected chi connectivity index (χ1v) is 4.77. The highest BCUT2D eigenvalue weighted by atomic mass is 79.9. The highest BCUT2D eigenvalue weighted by Crippen LogP contribution is 2.30. The minimum Gasteiger partial charge on any atom is -0.464 e. The quantitative estimate of drug-likeness (QED) is 0.785. The second-order valence-electron chi connectivity index (χ2n) is 2.66. The van der Waals surface area contributed by atoms with E-state index in [9.17, 15) is 13.6 Å². The molecule has 0 N–H and O–H groups in total. The van der Waals surface area contributed by atoms with E-state index in [4.69, 9.17) is 5.26 Å². The Hall–Kier alpha value is -1.55. The molecule has 0 aliphatic heterocycles. The summed E-state index contributed by atoms with van der Waals surface area (Å²) >= 11 is 2.86. The van der Waals surface area contributed by atoms with Gasteiger partial charge >= 0.3 is 5.97 Å². The Morgan fingerprint density at radius 3 is 2.75 bits per heavy atom. The van der Waals surface area contributed by atoms with E-state index in [0.717, 1.165) is 13.2 Å². The van der Waals surface area contributed by atoms with Gasteiger partial charge in [-0.2, -0.15) is 5.26 Å². The number of carbonyl (C=O) groups is 1. The molecule has 0 saturated heterocycles. The van der Waals surface area contributed by atoms with Crippen molar-refractivity contribution in [2.45, 2.75) is 6.43 Å². The van der Waals surface area contributed by atoms with Crippen molar-refractivity contribution in [3.8, 4) is 6.07 Å². The van der Waals surface area contributed by atoms with Gasteiger partial charge in [0.15, 0.2) is 5.69 Å².